The standard InChI is InChI=1S/C87H111N9O12/c88-43-79(97)70-19-7-64(8-20-70)52-103-58-85(106-55-67-13-25-73(26-14-67)82(100)46-91)76-31-1-61(2-32-76)49-94-37-39-95(50-62-3-33-77(34-4-62)86(107-56-68-15-27-74(28-16-68)83(101)47-92)59-104-53-65-9-21-71(22-10-65)80(98)44-89)41-42-96(40-38-94)51-63-5-35-78(36-6-63)87(108-57-69-17-29-75(30-18-69)84(102)48-93)60-105-54-66-11-23-72(24-12-66)81(99)45-90/h1-36,79-87,97-102H,37-60,88-93H2/t79-,80-,81-,82-,83-,84-,85-,86-,87-/m0/s1. The van der Waals surface area contributed by atoms with Gasteiger partial charge in [0.1, 0.15) is 18.3 Å². The molecule has 21 nitrogen and oxygen atoms in total. The highest BCUT2D eigenvalue weighted by Gasteiger charge is 2.23. The zero-order valence-electron chi connectivity index (χ0n) is 61.9. The van der Waals surface area contributed by atoms with Crippen LogP contribution in [0.2, 0.25) is 0 Å². The third-order valence-corrected chi connectivity index (χ3v) is 20.0. The van der Waals surface area contributed by atoms with Crippen molar-refractivity contribution in [2.24, 2.45) is 34.4 Å². The molecule has 1 aliphatic rings. The van der Waals surface area contributed by atoms with Crippen LogP contribution in [0.25, 0.3) is 0 Å². The van der Waals surface area contributed by atoms with Crippen LogP contribution in [0.5, 0.6) is 0 Å². The Hall–Kier alpha value is -7.86. The first-order valence-electron chi connectivity index (χ1n) is 37.5. The fourth-order valence-electron chi connectivity index (χ4n) is 12.9. The van der Waals surface area contributed by atoms with Crippen LogP contribution in [0.4, 0.5) is 0 Å². The molecule has 1 heterocycles. The Morgan fingerprint density at radius 3 is 0.556 bits per heavy atom. The summed E-state index contributed by atoms with van der Waals surface area (Å²) in [5.74, 6) is 0. The van der Waals surface area contributed by atoms with Gasteiger partial charge in [0.25, 0.3) is 0 Å². The number of ether oxygens (including phenoxy) is 6. The van der Waals surface area contributed by atoms with Crippen molar-refractivity contribution < 1.29 is 59.1 Å². The molecule has 9 aromatic rings. The molecule has 0 bridgehead atoms. The van der Waals surface area contributed by atoms with Gasteiger partial charge >= 0.3 is 0 Å². The van der Waals surface area contributed by atoms with Crippen molar-refractivity contribution in [3.8, 4) is 0 Å². The second-order valence-corrected chi connectivity index (χ2v) is 28.0. The average Bonchev–Trinajstić information content (AvgIpc) is 1.46. The molecule has 9 aromatic carbocycles. The van der Waals surface area contributed by atoms with E-state index in [-0.39, 0.29) is 39.3 Å². The van der Waals surface area contributed by atoms with E-state index in [4.69, 9.17) is 62.8 Å². The van der Waals surface area contributed by atoms with Crippen LogP contribution in [0.15, 0.2) is 218 Å². The number of aliphatic hydroxyl groups is 6. The molecule has 0 radical (unpaired) electrons. The first kappa shape index (κ1) is 82.6. The minimum atomic E-state index is -0.740. The number of nitrogens with two attached hydrogens (primary N) is 6. The fourth-order valence-corrected chi connectivity index (χ4v) is 12.9. The molecule has 576 valence electrons. The van der Waals surface area contributed by atoms with Crippen molar-refractivity contribution in [3.63, 3.8) is 0 Å². The molecule has 1 fully saturated rings. The molecule has 1 aliphatic heterocycles. The highest BCUT2D eigenvalue weighted by Crippen LogP contribution is 2.29. The number of hydrogen-bond donors (Lipinski definition) is 12. The first-order chi connectivity index (χ1) is 52.7. The van der Waals surface area contributed by atoms with Gasteiger partial charge in [-0.1, -0.05) is 218 Å². The smallest absolute Gasteiger partial charge is 0.106 e. The molecule has 18 N–H and O–H groups in total. The van der Waals surface area contributed by atoms with Gasteiger partial charge in [-0.25, -0.2) is 0 Å². The Bertz CT molecular complexity index is 3580. The zero-order valence-corrected chi connectivity index (χ0v) is 61.9. The van der Waals surface area contributed by atoms with Gasteiger partial charge < -0.3 is 93.5 Å². The summed E-state index contributed by atoms with van der Waals surface area (Å²) in [6.07, 6.45) is -5.60. The third kappa shape index (κ3) is 25.6. The van der Waals surface area contributed by atoms with E-state index >= 15 is 0 Å². The summed E-state index contributed by atoms with van der Waals surface area (Å²) < 4.78 is 39.1. The molecule has 0 spiro atoms. The largest absolute Gasteiger partial charge is 0.387 e. The van der Waals surface area contributed by atoms with Gasteiger partial charge in [-0.15, -0.1) is 0 Å². The third-order valence-electron chi connectivity index (χ3n) is 20.0. The minimum Gasteiger partial charge on any atom is -0.387 e. The van der Waals surface area contributed by atoms with E-state index in [0.29, 0.717) is 59.5 Å². The van der Waals surface area contributed by atoms with E-state index in [9.17, 15) is 30.6 Å². The second kappa shape index (κ2) is 43.5. The van der Waals surface area contributed by atoms with Crippen molar-refractivity contribution in [2.75, 3.05) is 98.4 Å². The highest BCUT2D eigenvalue weighted by molar-refractivity contribution is 5.32. The van der Waals surface area contributed by atoms with E-state index in [1.165, 1.54) is 16.7 Å². The van der Waals surface area contributed by atoms with Gasteiger partial charge in [-0.2, -0.15) is 0 Å². The Morgan fingerprint density at radius 2 is 0.380 bits per heavy atom. The maximum Gasteiger partial charge on any atom is 0.106 e. The van der Waals surface area contributed by atoms with Crippen LogP contribution in [0.3, 0.4) is 0 Å². The van der Waals surface area contributed by atoms with E-state index in [0.717, 1.165) is 142 Å². The molecular weight excluding hydrogens is 1360 g/mol. The maximum absolute atomic E-state index is 10.4. The predicted octanol–water partition coefficient (Wildman–Crippen LogP) is 8.88. The average molecular weight is 1470 g/mol. The summed E-state index contributed by atoms with van der Waals surface area (Å²) >= 11 is 0. The van der Waals surface area contributed by atoms with Crippen molar-refractivity contribution in [2.45, 2.75) is 114 Å². The Labute approximate surface area is 636 Å². The van der Waals surface area contributed by atoms with E-state index in [1.807, 2.05) is 146 Å². The lowest BCUT2D eigenvalue weighted by atomic mass is 10.1. The number of rotatable bonds is 42. The molecular formula is C87H111N9O12. The number of benzene rings is 9. The normalized spacial score (nSPS) is 16.0. The number of aliphatic hydroxyl groups excluding tert-OH is 6. The summed E-state index contributed by atoms with van der Waals surface area (Å²) in [7, 11) is 0. The highest BCUT2D eigenvalue weighted by atomic mass is 16.5. The molecule has 10 rings (SSSR count). The van der Waals surface area contributed by atoms with Crippen LogP contribution in [-0.2, 0) is 87.7 Å². The summed E-state index contributed by atoms with van der Waals surface area (Å²) in [6.45, 7) is 10.9. The molecule has 21 heteroatoms. The Kier molecular flexibility index (Phi) is 33.3. The lowest BCUT2D eigenvalue weighted by molar-refractivity contribution is -0.0314. The summed E-state index contributed by atoms with van der Waals surface area (Å²) in [6, 6.07) is 71.9. The van der Waals surface area contributed by atoms with E-state index in [2.05, 4.69) is 87.5 Å². The Balaban J connectivity index is 0.860. The van der Waals surface area contributed by atoms with Crippen molar-refractivity contribution in [1.82, 2.24) is 14.7 Å². The zero-order chi connectivity index (χ0) is 76.0. The molecule has 0 aliphatic carbocycles. The van der Waals surface area contributed by atoms with Crippen LogP contribution >= 0.6 is 0 Å². The Morgan fingerprint density at radius 1 is 0.222 bits per heavy atom. The van der Waals surface area contributed by atoms with Gasteiger partial charge in [-0.3, -0.25) is 14.7 Å². The van der Waals surface area contributed by atoms with E-state index < -0.39 is 54.9 Å². The number of nitrogens with zero attached hydrogens (tertiary/aromatic N) is 3. The molecule has 0 aromatic heterocycles. The van der Waals surface area contributed by atoms with Crippen molar-refractivity contribution in [3.05, 3.63) is 319 Å². The molecule has 0 saturated carbocycles. The molecule has 0 unspecified atom stereocenters. The van der Waals surface area contributed by atoms with Gasteiger partial charge in [-0.05, 0) is 100 Å². The predicted molar refractivity (Wildman–Crippen MR) is 419 cm³/mol. The number of hydrogen-bond acceptors (Lipinski definition) is 21. The second-order valence-electron chi connectivity index (χ2n) is 28.0. The fraction of sp³-hybridized carbons (Fsp3) is 0.379. The summed E-state index contributed by atoms with van der Waals surface area (Å²) in [4.78, 5) is 7.65. The van der Waals surface area contributed by atoms with Crippen LogP contribution in [0.1, 0.15) is 155 Å². The summed E-state index contributed by atoms with van der Waals surface area (Å²) in [5, 5.41) is 62.0. The summed E-state index contributed by atoms with van der Waals surface area (Å²) in [5.41, 5.74) is 51.1. The minimum absolute atomic E-state index is 0.132. The van der Waals surface area contributed by atoms with E-state index in [1.54, 1.807) is 0 Å². The SMILES string of the molecule is NC[C@H](O)c1ccc(COC[C@H](OCc2ccc([C@@H](O)CN)cc2)c2ccc(CN3CCN(Cc4ccc([C@H](COCc5ccc([C@@H](O)CN)cc5)OCc5ccc([C@@H](O)CN)cc5)cc4)CCN(Cc4ccc([C@H](COCc5ccc([C@@H](O)CN)cc5)OCc5ccc([C@@H](O)CN)cc5)cc4)CC3)cc2)cc1. The van der Waals surface area contributed by atoms with Gasteiger partial charge in [0.2, 0.25) is 0 Å². The van der Waals surface area contributed by atoms with Crippen LogP contribution in [0, 0.1) is 0 Å². The van der Waals surface area contributed by atoms with Gasteiger partial charge in [0, 0.05) is 98.2 Å². The molecule has 0 amide bonds. The van der Waals surface area contributed by atoms with Crippen LogP contribution < -0.4 is 34.4 Å². The lowest BCUT2D eigenvalue weighted by Crippen LogP contribution is -2.35. The van der Waals surface area contributed by atoms with Crippen molar-refractivity contribution in [1.29, 1.82) is 0 Å². The van der Waals surface area contributed by atoms with Gasteiger partial charge in [0.05, 0.1) is 96.1 Å². The van der Waals surface area contributed by atoms with Crippen LogP contribution in [-0.4, -0.2) is 144 Å². The topological polar surface area (TPSA) is 343 Å². The maximum atomic E-state index is 10.4. The lowest BCUT2D eigenvalue weighted by Gasteiger charge is -2.26. The van der Waals surface area contributed by atoms with Crippen molar-refractivity contribution >= 4 is 0 Å². The molecule has 1 saturated heterocycles. The van der Waals surface area contributed by atoms with Gasteiger partial charge in [0.15, 0.2) is 0 Å². The first-order valence-corrected chi connectivity index (χ1v) is 37.5. The quantitative estimate of drug-likeness (QED) is 0.0170. The monoisotopic (exact) mass is 1470 g/mol. The molecule has 9 atom stereocenters. The molecule has 108 heavy (non-hydrogen) atoms.